The monoisotopic (exact) mass is 287 g/mol. The number of aryl methyl sites for hydroxylation is 1. The smallest absolute Gasteiger partial charge is 0.336 e. The van der Waals surface area contributed by atoms with Crippen molar-refractivity contribution in [3.8, 4) is 0 Å². The minimum Gasteiger partial charge on any atom is -0.423 e. The van der Waals surface area contributed by atoms with Gasteiger partial charge >= 0.3 is 5.63 Å². The predicted octanol–water partition coefficient (Wildman–Crippen LogP) is 2.71. The number of hydrogen-bond donors (Lipinski definition) is 0. The Morgan fingerprint density at radius 2 is 1.90 bits per heavy atom. The second-order valence-electron chi connectivity index (χ2n) is 6.04. The van der Waals surface area contributed by atoms with Crippen molar-refractivity contribution in [3.63, 3.8) is 0 Å². The van der Waals surface area contributed by atoms with Crippen LogP contribution in [0.2, 0.25) is 0 Å². The largest absolute Gasteiger partial charge is 0.423 e. The summed E-state index contributed by atoms with van der Waals surface area (Å²) in [5, 5.41) is 1.02. The minimum absolute atomic E-state index is 0.224. The maximum atomic E-state index is 11.8. The number of benzene rings is 1. The highest BCUT2D eigenvalue weighted by molar-refractivity contribution is 5.80. The normalized spacial score (nSPS) is 23.6. The van der Waals surface area contributed by atoms with Crippen molar-refractivity contribution in [3.05, 3.63) is 45.8 Å². The van der Waals surface area contributed by atoms with Gasteiger partial charge in [0.25, 0.3) is 0 Å². The van der Waals surface area contributed by atoms with Gasteiger partial charge in [0, 0.05) is 31.1 Å². The predicted molar refractivity (Wildman–Crippen MR) is 82.5 cm³/mol. The van der Waals surface area contributed by atoms with E-state index < -0.39 is 0 Å². The first-order valence-electron chi connectivity index (χ1n) is 7.42. The highest BCUT2D eigenvalue weighted by atomic mass is 16.5. The van der Waals surface area contributed by atoms with E-state index in [0.29, 0.717) is 5.58 Å². The molecule has 1 saturated heterocycles. The van der Waals surface area contributed by atoms with Gasteiger partial charge in [-0.15, -0.1) is 0 Å². The SMILES string of the molecule is Cc1ccc2c(CN3C[C@@H](C)O[C@@H](C)C3)cc(=O)oc2c1. The lowest BCUT2D eigenvalue weighted by Gasteiger charge is -2.35. The van der Waals surface area contributed by atoms with E-state index in [-0.39, 0.29) is 17.8 Å². The van der Waals surface area contributed by atoms with Crippen molar-refractivity contribution in [2.75, 3.05) is 13.1 Å². The zero-order valence-electron chi connectivity index (χ0n) is 12.8. The van der Waals surface area contributed by atoms with Crippen molar-refractivity contribution < 1.29 is 9.15 Å². The van der Waals surface area contributed by atoms with E-state index in [1.807, 2.05) is 19.1 Å². The summed E-state index contributed by atoms with van der Waals surface area (Å²) < 4.78 is 11.1. The number of rotatable bonds is 2. The second-order valence-corrected chi connectivity index (χ2v) is 6.04. The fourth-order valence-electron chi connectivity index (χ4n) is 3.12. The van der Waals surface area contributed by atoms with E-state index in [9.17, 15) is 4.79 Å². The van der Waals surface area contributed by atoms with Gasteiger partial charge in [-0.2, -0.15) is 0 Å². The molecule has 0 aliphatic carbocycles. The molecule has 0 unspecified atom stereocenters. The Morgan fingerprint density at radius 3 is 2.62 bits per heavy atom. The molecule has 2 heterocycles. The number of hydrogen-bond acceptors (Lipinski definition) is 4. The summed E-state index contributed by atoms with van der Waals surface area (Å²) in [6.45, 7) is 8.70. The molecule has 21 heavy (non-hydrogen) atoms. The molecule has 3 rings (SSSR count). The molecule has 1 aliphatic rings. The molecule has 0 spiro atoms. The maximum Gasteiger partial charge on any atom is 0.336 e. The molecule has 0 saturated carbocycles. The first-order valence-corrected chi connectivity index (χ1v) is 7.42. The minimum atomic E-state index is -0.280. The highest BCUT2D eigenvalue weighted by Crippen LogP contribution is 2.21. The standard InChI is InChI=1S/C17H21NO3/c1-11-4-5-15-14(7-17(19)21-16(15)6-11)10-18-8-12(2)20-13(3)9-18/h4-7,12-13H,8-10H2,1-3H3/t12-,13+. The molecule has 1 fully saturated rings. The lowest BCUT2D eigenvalue weighted by Crippen LogP contribution is -2.44. The van der Waals surface area contributed by atoms with Gasteiger partial charge in [-0.05, 0) is 38.0 Å². The van der Waals surface area contributed by atoms with Crippen LogP contribution in [0.3, 0.4) is 0 Å². The molecule has 0 bridgehead atoms. The van der Waals surface area contributed by atoms with Crippen LogP contribution in [0.1, 0.15) is 25.0 Å². The van der Waals surface area contributed by atoms with E-state index in [1.54, 1.807) is 6.07 Å². The summed E-state index contributed by atoms with van der Waals surface area (Å²) in [6.07, 6.45) is 0.449. The summed E-state index contributed by atoms with van der Waals surface area (Å²) in [5.41, 5.74) is 2.52. The molecule has 0 N–H and O–H groups in total. The topological polar surface area (TPSA) is 42.7 Å². The first kappa shape index (κ1) is 14.3. The van der Waals surface area contributed by atoms with Crippen LogP contribution in [0.5, 0.6) is 0 Å². The summed E-state index contributed by atoms with van der Waals surface area (Å²) in [5.74, 6) is 0. The van der Waals surface area contributed by atoms with Gasteiger partial charge in [-0.25, -0.2) is 4.79 Å². The van der Waals surface area contributed by atoms with Crippen molar-refractivity contribution in [1.29, 1.82) is 0 Å². The maximum absolute atomic E-state index is 11.8. The lowest BCUT2D eigenvalue weighted by atomic mass is 10.1. The zero-order valence-corrected chi connectivity index (χ0v) is 12.8. The van der Waals surface area contributed by atoms with Crippen molar-refractivity contribution in [2.24, 2.45) is 0 Å². The molecular weight excluding hydrogens is 266 g/mol. The average Bonchev–Trinajstić information content (AvgIpc) is 2.36. The van der Waals surface area contributed by atoms with Gasteiger partial charge in [-0.1, -0.05) is 12.1 Å². The molecule has 4 nitrogen and oxygen atoms in total. The number of morpholine rings is 1. The van der Waals surface area contributed by atoms with Crippen LogP contribution in [0.4, 0.5) is 0 Å². The van der Waals surface area contributed by atoms with Crippen molar-refractivity contribution in [2.45, 2.75) is 39.5 Å². The molecule has 1 aromatic carbocycles. The van der Waals surface area contributed by atoms with Crippen LogP contribution in [0, 0.1) is 6.92 Å². The van der Waals surface area contributed by atoms with E-state index in [0.717, 1.165) is 36.1 Å². The lowest BCUT2D eigenvalue weighted by molar-refractivity contribution is -0.0704. The van der Waals surface area contributed by atoms with Gasteiger partial charge in [0.1, 0.15) is 5.58 Å². The van der Waals surface area contributed by atoms with Crippen LogP contribution in [-0.4, -0.2) is 30.2 Å². The summed E-state index contributed by atoms with van der Waals surface area (Å²) in [6, 6.07) is 7.62. The van der Waals surface area contributed by atoms with E-state index in [2.05, 4.69) is 24.8 Å². The molecule has 112 valence electrons. The Bertz CT molecular complexity index is 697. The Kier molecular flexibility index (Phi) is 3.83. The summed E-state index contributed by atoms with van der Waals surface area (Å²) >= 11 is 0. The highest BCUT2D eigenvalue weighted by Gasteiger charge is 2.22. The number of fused-ring (bicyclic) bond motifs is 1. The Hall–Kier alpha value is -1.65. The van der Waals surface area contributed by atoms with E-state index in [1.165, 1.54) is 0 Å². The third kappa shape index (κ3) is 3.17. The molecule has 4 heteroatoms. The van der Waals surface area contributed by atoms with Crippen LogP contribution < -0.4 is 5.63 Å². The van der Waals surface area contributed by atoms with Crippen LogP contribution in [-0.2, 0) is 11.3 Å². The molecule has 2 atom stereocenters. The van der Waals surface area contributed by atoms with Crippen LogP contribution >= 0.6 is 0 Å². The molecule has 0 amide bonds. The quantitative estimate of drug-likeness (QED) is 0.797. The van der Waals surface area contributed by atoms with Crippen molar-refractivity contribution in [1.82, 2.24) is 4.90 Å². The third-order valence-corrected chi connectivity index (χ3v) is 3.87. The van der Waals surface area contributed by atoms with Gasteiger partial charge in [0.2, 0.25) is 0 Å². The van der Waals surface area contributed by atoms with Gasteiger partial charge in [0.05, 0.1) is 12.2 Å². The Morgan fingerprint density at radius 1 is 1.19 bits per heavy atom. The summed E-state index contributed by atoms with van der Waals surface area (Å²) in [7, 11) is 0. The molecular formula is C17H21NO3. The zero-order chi connectivity index (χ0) is 15.0. The second kappa shape index (κ2) is 5.62. The van der Waals surface area contributed by atoms with Gasteiger partial charge < -0.3 is 9.15 Å². The van der Waals surface area contributed by atoms with Gasteiger partial charge in [-0.3, -0.25) is 4.90 Å². The van der Waals surface area contributed by atoms with Crippen LogP contribution in [0.25, 0.3) is 11.0 Å². The number of nitrogens with zero attached hydrogens (tertiary/aromatic N) is 1. The fourth-order valence-corrected chi connectivity index (χ4v) is 3.12. The molecule has 1 aliphatic heterocycles. The van der Waals surface area contributed by atoms with E-state index in [4.69, 9.17) is 9.15 Å². The van der Waals surface area contributed by atoms with Crippen molar-refractivity contribution >= 4 is 11.0 Å². The molecule has 2 aromatic rings. The average molecular weight is 287 g/mol. The number of ether oxygens (including phenoxy) is 1. The summed E-state index contributed by atoms with van der Waals surface area (Å²) in [4.78, 5) is 14.1. The molecule has 1 aromatic heterocycles. The van der Waals surface area contributed by atoms with E-state index >= 15 is 0 Å². The van der Waals surface area contributed by atoms with Gasteiger partial charge in [0.15, 0.2) is 0 Å². The Labute approximate surface area is 124 Å². The fraction of sp³-hybridized carbons (Fsp3) is 0.471. The third-order valence-electron chi connectivity index (χ3n) is 3.87. The Balaban J connectivity index is 1.95. The first-order chi connectivity index (χ1) is 10.0. The van der Waals surface area contributed by atoms with Crippen LogP contribution in [0.15, 0.2) is 33.5 Å². The molecule has 0 radical (unpaired) electrons.